The fourth-order valence-corrected chi connectivity index (χ4v) is 8.10. The predicted octanol–water partition coefficient (Wildman–Crippen LogP) is 5.98. The first-order chi connectivity index (χ1) is 25.7. The third-order valence-corrected chi connectivity index (χ3v) is 10.5. The molecule has 3 aliphatic heterocycles. The van der Waals surface area contributed by atoms with Crippen LogP contribution in [0.15, 0.2) is 72.8 Å². The molecule has 3 saturated heterocycles. The molecule has 0 radical (unpaired) electrons. The van der Waals surface area contributed by atoms with E-state index in [1.807, 2.05) is 29.2 Å². The van der Waals surface area contributed by atoms with Gasteiger partial charge in [0.2, 0.25) is 0 Å². The van der Waals surface area contributed by atoms with Crippen LogP contribution >= 0.6 is 0 Å². The van der Waals surface area contributed by atoms with Crippen LogP contribution < -0.4 is 9.64 Å². The zero-order valence-electron chi connectivity index (χ0n) is 28.6. The smallest absolute Gasteiger partial charge is 0.319 e. The van der Waals surface area contributed by atoms with E-state index < -0.39 is 35.3 Å². The Bertz CT molecular complexity index is 2290. The van der Waals surface area contributed by atoms with Crippen LogP contribution in [0, 0.1) is 17.1 Å². The number of piperazine rings is 1. The number of benzene rings is 3. The van der Waals surface area contributed by atoms with Gasteiger partial charge in [0.25, 0.3) is 5.91 Å². The number of ether oxygens (including phenoxy) is 1. The van der Waals surface area contributed by atoms with Gasteiger partial charge in [-0.05, 0) is 60.0 Å². The molecule has 3 fully saturated rings. The van der Waals surface area contributed by atoms with E-state index in [9.17, 15) is 19.6 Å². The molecule has 8 rings (SSSR count). The number of anilines is 1. The molecule has 5 heterocycles. The van der Waals surface area contributed by atoms with Crippen LogP contribution in [0.1, 0.15) is 31.5 Å². The van der Waals surface area contributed by atoms with Crippen molar-refractivity contribution in [2.45, 2.75) is 43.4 Å². The van der Waals surface area contributed by atoms with Crippen LogP contribution in [0.5, 0.6) is 11.8 Å². The number of halogens is 3. The summed E-state index contributed by atoms with van der Waals surface area (Å²) in [6.07, 6.45) is 4.74. The summed E-state index contributed by atoms with van der Waals surface area (Å²) in [6.45, 7) is 1.52. The van der Waals surface area contributed by atoms with Crippen molar-refractivity contribution < 1.29 is 27.8 Å². The molecule has 3 aromatic carbocycles. The maximum atomic E-state index is 16.9. The van der Waals surface area contributed by atoms with Crippen LogP contribution in [0.2, 0.25) is 0 Å². The average Bonchev–Trinajstić information content (AvgIpc) is 3.69. The number of aromatic nitrogens is 4. The van der Waals surface area contributed by atoms with Gasteiger partial charge in [0.15, 0.2) is 17.5 Å². The van der Waals surface area contributed by atoms with Crippen LogP contribution in [0.25, 0.3) is 38.9 Å². The third-order valence-electron chi connectivity index (χ3n) is 10.5. The molecule has 5 aromatic rings. The van der Waals surface area contributed by atoms with Crippen molar-refractivity contribution in [3.05, 3.63) is 84.5 Å². The van der Waals surface area contributed by atoms with Crippen molar-refractivity contribution in [2.75, 3.05) is 44.2 Å². The molecule has 0 spiro atoms. The van der Waals surface area contributed by atoms with E-state index in [1.165, 1.54) is 23.4 Å². The Kier molecular flexibility index (Phi) is 9.03. The summed E-state index contributed by atoms with van der Waals surface area (Å²) >= 11 is 0. The fourth-order valence-electron chi connectivity index (χ4n) is 8.10. The Balaban J connectivity index is 1.18. The van der Waals surface area contributed by atoms with E-state index >= 15 is 8.78 Å². The second-order valence-electron chi connectivity index (χ2n) is 13.8. The highest BCUT2D eigenvalue weighted by atomic mass is 19.1. The Labute approximate surface area is 303 Å². The number of carbonyl (C=O) groups is 1. The van der Waals surface area contributed by atoms with Crippen LogP contribution in [0.4, 0.5) is 19.0 Å². The standard InChI is InChI=1S/C39H35F3N8O3/c40-25-20-39(10-3-14-49(39)21-25)23-53-38-46-35-30(8-7-29(34(35)42)31-18-27(51)17-24-5-1-2-6-28(24)31)36(47-38)48-15-16-50(26(22-48)9-11-43)37(52)32(41)19-33-44-12-4-13-45-33/h1-2,4-8,12-13,17-19,25-26,51H,3,9-10,14-16,20-23H2/b32-19-/t25-,26+,39+/m1/s1. The van der Waals surface area contributed by atoms with E-state index in [2.05, 4.69) is 25.9 Å². The number of carbonyl (C=O) groups excluding carboxylic acids is 1. The molecule has 0 saturated carbocycles. The van der Waals surface area contributed by atoms with Gasteiger partial charge >= 0.3 is 6.01 Å². The predicted molar refractivity (Wildman–Crippen MR) is 192 cm³/mol. The molecule has 3 aliphatic rings. The average molecular weight is 721 g/mol. The van der Waals surface area contributed by atoms with E-state index in [0.29, 0.717) is 29.7 Å². The number of alkyl halides is 1. The number of hydrogen-bond acceptors (Lipinski definition) is 10. The molecule has 11 nitrogen and oxygen atoms in total. The first-order valence-electron chi connectivity index (χ1n) is 17.5. The van der Waals surface area contributed by atoms with Crippen molar-refractivity contribution in [1.82, 2.24) is 29.7 Å². The Morgan fingerprint density at radius 2 is 1.87 bits per heavy atom. The van der Waals surface area contributed by atoms with Gasteiger partial charge in [-0.25, -0.2) is 23.1 Å². The monoisotopic (exact) mass is 720 g/mol. The summed E-state index contributed by atoms with van der Waals surface area (Å²) in [5.74, 6) is -2.29. The minimum Gasteiger partial charge on any atom is -0.508 e. The molecule has 0 aliphatic carbocycles. The lowest BCUT2D eigenvalue weighted by Gasteiger charge is -2.41. The topological polar surface area (TPSA) is 132 Å². The van der Waals surface area contributed by atoms with Gasteiger partial charge in [-0.3, -0.25) is 9.69 Å². The number of aromatic hydroxyl groups is 1. The fraction of sp³-hybridized carbons (Fsp3) is 0.333. The molecule has 2 aromatic heterocycles. The quantitative estimate of drug-likeness (QED) is 0.191. The van der Waals surface area contributed by atoms with Gasteiger partial charge in [0, 0.05) is 62.0 Å². The summed E-state index contributed by atoms with van der Waals surface area (Å²) in [5.41, 5.74) is 0.141. The van der Waals surface area contributed by atoms with Gasteiger partial charge in [-0.1, -0.05) is 30.3 Å². The lowest BCUT2D eigenvalue weighted by atomic mass is 9.95. The summed E-state index contributed by atoms with van der Waals surface area (Å²) in [5, 5.41) is 22.1. The second kappa shape index (κ2) is 14.0. The summed E-state index contributed by atoms with van der Waals surface area (Å²) < 4.78 is 53.0. The number of nitriles is 1. The molecule has 0 bridgehead atoms. The molecule has 14 heteroatoms. The lowest BCUT2D eigenvalue weighted by Crippen LogP contribution is -2.55. The van der Waals surface area contributed by atoms with Crippen molar-refractivity contribution in [3.63, 3.8) is 0 Å². The number of hydrogen-bond donors (Lipinski definition) is 1. The van der Waals surface area contributed by atoms with Crippen molar-refractivity contribution in [1.29, 1.82) is 5.26 Å². The van der Waals surface area contributed by atoms with Crippen molar-refractivity contribution in [3.8, 4) is 29.0 Å². The highest BCUT2D eigenvalue weighted by Gasteiger charge is 2.49. The first kappa shape index (κ1) is 34.3. The zero-order chi connectivity index (χ0) is 36.7. The molecule has 3 atom stereocenters. The lowest BCUT2D eigenvalue weighted by molar-refractivity contribution is -0.131. The summed E-state index contributed by atoms with van der Waals surface area (Å²) in [4.78, 5) is 35.8. The molecule has 270 valence electrons. The summed E-state index contributed by atoms with van der Waals surface area (Å²) in [7, 11) is 0. The number of fused-ring (bicyclic) bond motifs is 3. The van der Waals surface area contributed by atoms with E-state index in [0.717, 1.165) is 36.2 Å². The second-order valence-corrected chi connectivity index (χ2v) is 13.8. The third kappa shape index (κ3) is 6.46. The number of nitrogens with zero attached hydrogens (tertiary/aromatic N) is 8. The highest BCUT2D eigenvalue weighted by molar-refractivity contribution is 6.01. The highest BCUT2D eigenvalue weighted by Crippen LogP contribution is 2.42. The van der Waals surface area contributed by atoms with E-state index in [1.54, 1.807) is 24.3 Å². The molecular formula is C39H35F3N8O3. The van der Waals surface area contributed by atoms with E-state index in [4.69, 9.17) is 9.72 Å². The van der Waals surface area contributed by atoms with Crippen LogP contribution in [0.3, 0.4) is 0 Å². The number of rotatable bonds is 8. The molecular weight excluding hydrogens is 685 g/mol. The minimum atomic E-state index is -1.06. The van der Waals surface area contributed by atoms with Crippen molar-refractivity contribution in [2.24, 2.45) is 0 Å². The van der Waals surface area contributed by atoms with Gasteiger partial charge in [0.05, 0.1) is 24.1 Å². The molecule has 1 N–H and O–H groups in total. The van der Waals surface area contributed by atoms with Gasteiger partial charge in [-0.15, -0.1) is 0 Å². The van der Waals surface area contributed by atoms with Crippen LogP contribution in [-0.2, 0) is 4.79 Å². The Morgan fingerprint density at radius 3 is 2.70 bits per heavy atom. The maximum absolute atomic E-state index is 16.9. The van der Waals surface area contributed by atoms with E-state index in [-0.39, 0.29) is 61.3 Å². The molecule has 0 unspecified atom stereocenters. The Hall–Kier alpha value is -5.81. The maximum Gasteiger partial charge on any atom is 0.319 e. The zero-order valence-corrected chi connectivity index (χ0v) is 28.6. The number of phenols is 1. The normalized spacial score (nSPS) is 22.0. The van der Waals surface area contributed by atoms with Gasteiger partial charge < -0.3 is 19.6 Å². The van der Waals surface area contributed by atoms with Gasteiger partial charge in [0.1, 0.15) is 29.9 Å². The van der Waals surface area contributed by atoms with Crippen LogP contribution in [-0.4, -0.2) is 97.8 Å². The molecule has 53 heavy (non-hydrogen) atoms. The number of phenolic OH excluding ortho intramolecular Hbond substituents is 1. The summed E-state index contributed by atoms with van der Waals surface area (Å²) in [6, 6.07) is 16.6. The molecule has 1 amide bonds. The SMILES string of the molecule is N#CC[C@H]1CN(c2nc(OC[C@@]34CCCN3C[C@H](F)C4)nc3c(F)c(-c4cc(O)cc5ccccc45)ccc23)CCN1C(=O)/C(F)=C/c1ncccn1. The minimum absolute atomic E-state index is 0.0211. The first-order valence-corrected chi connectivity index (χ1v) is 17.5. The van der Waals surface area contributed by atoms with Crippen molar-refractivity contribution >= 4 is 39.5 Å². The Morgan fingerprint density at radius 1 is 1.04 bits per heavy atom. The number of amides is 1. The largest absolute Gasteiger partial charge is 0.508 e. The van der Waals surface area contributed by atoms with Gasteiger partial charge in [-0.2, -0.15) is 15.2 Å².